The molecule has 0 fully saturated rings. The van der Waals surface area contributed by atoms with E-state index in [-0.39, 0.29) is 11.8 Å². The molecule has 1 aromatic carbocycles. The van der Waals surface area contributed by atoms with Crippen molar-refractivity contribution in [3.63, 3.8) is 0 Å². The number of nitrogen functional groups attached to an aromatic ring is 1. The Kier molecular flexibility index (Phi) is 6.68. The Morgan fingerprint density at radius 1 is 1.21 bits per heavy atom. The Labute approximate surface area is 150 Å². The lowest BCUT2D eigenvalue weighted by Crippen LogP contribution is -2.26. The third-order valence-corrected chi connectivity index (χ3v) is 4.67. The summed E-state index contributed by atoms with van der Waals surface area (Å²) in [5.74, 6) is 1.17. The monoisotopic (exact) mass is 366 g/mol. The summed E-state index contributed by atoms with van der Waals surface area (Å²) >= 11 is 6.88. The van der Waals surface area contributed by atoms with Crippen molar-refractivity contribution in [1.29, 1.82) is 0 Å². The van der Waals surface area contributed by atoms with Gasteiger partial charge in [0.05, 0.1) is 5.75 Å². The summed E-state index contributed by atoms with van der Waals surface area (Å²) < 4.78 is 13.7. The standard InChI is InChI=1S/C15H19FN6S2/c1-3-22(4-2)15(23)24-9-12-19-13(17)21-14(20-12)18-11-7-5-10(16)6-8-11/h5-8H,3-4,9H2,1-2H3,(H3,17,18,19,20,21). The first-order valence-electron chi connectivity index (χ1n) is 7.46. The molecule has 0 spiro atoms. The highest BCUT2D eigenvalue weighted by atomic mass is 32.2. The quantitative estimate of drug-likeness (QED) is 0.755. The fraction of sp³-hybridized carbons (Fsp3) is 0.333. The zero-order chi connectivity index (χ0) is 17.5. The fourth-order valence-electron chi connectivity index (χ4n) is 1.92. The molecular formula is C15H19FN6S2. The van der Waals surface area contributed by atoms with Crippen molar-refractivity contribution >= 4 is 45.9 Å². The third kappa shape index (κ3) is 5.27. The van der Waals surface area contributed by atoms with Crippen LogP contribution in [0.1, 0.15) is 19.7 Å². The second-order valence-electron chi connectivity index (χ2n) is 4.79. The summed E-state index contributed by atoms with van der Waals surface area (Å²) in [7, 11) is 0. The summed E-state index contributed by atoms with van der Waals surface area (Å²) in [4.78, 5) is 14.6. The van der Waals surface area contributed by atoms with Gasteiger partial charge in [-0.1, -0.05) is 24.0 Å². The van der Waals surface area contributed by atoms with Crippen molar-refractivity contribution in [2.24, 2.45) is 0 Å². The molecule has 1 heterocycles. The molecule has 0 aliphatic carbocycles. The van der Waals surface area contributed by atoms with Crippen molar-refractivity contribution in [3.8, 4) is 0 Å². The van der Waals surface area contributed by atoms with Gasteiger partial charge in [0.1, 0.15) is 16.0 Å². The molecule has 0 amide bonds. The van der Waals surface area contributed by atoms with Gasteiger partial charge in [0.2, 0.25) is 11.9 Å². The molecule has 24 heavy (non-hydrogen) atoms. The number of anilines is 3. The van der Waals surface area contributed by atoms with Gasteiger partial charge in [0.25, 0.3) is 0 Å². The average molecular weight is 366 g/mol. The number of thioether (sulfide) groups is 1. The summed E-state index contributed by atoms with van der Waals surface area (Å²) in [5, 5.41) is 2.98. The first-order valence-corrected chi connectivity index (χ1v) is 8.86. The molecule has 0 saturated carbocycles. The number of hydrogen-bond donors (Lipinski definition) is 2. The number of rotatable bonds is 6. The van der Waals surface area contributed by atoms with Crippen LogP contribution in [0.5, 0.6) is 0 Å². The van der Waals surface area contributed by atoms with Gasteiger partial charge >= 0.3 is 0 Å². The zero-order valence-corrected chi connectivity index (χ0v) is 15.1. The number of nitrogens with two attached hydrogens (primary N) is 1. The first kappa shape index (κ1) is 18.3. The maximum Gasteiger partial charge on any atom is 0.232 e. The molecule has 6 nitrogen and oxygen atoms in total. The van der Waals surface area contributed by atoms with Crippen LogP contribution in [0.2, 0.25) is 0 Å². The van der Waals surface area contributed by atoms with Crippen LogP contribution in [-0.4, -0.2) is 37.3 Å². The highest BCUT2D eigenvalue weighted by molar-refractivity contribution is 8.22. The second-order valence-corrected chi connectivity index (χ2v) is 6.40. The van der Waals surface area contributed by atoms with E-state index in [1.165, 1.54) is 23.9 Å². The third-order valence-electron chi connectivity index (χ3n) is 3.15. The Balaban J connectivity index is 2.05. The van der Waals surface area contributed by atoms with E-state index >= 15 is 0 Å². The number of thiocarbonyl (C=S) groups is 1. The van der Waals surface area contributed by atoms with Crippen LogP contribution in [0, 0.1) is 5.82 Å². The molecule has 0 unspecified atom stereocenters. The van der Waals surface area contributed by atoms with Crippen molar-refractivity contribution in [2.45, 2.75) is 19.6 Å². The van der Waals surface area contributed by atoms with Crippen LogP contribution in [0.25, 0.3) is 0 Å². The number of halogens is 1. The molecule has 0 bridgehead atoms. The summed E-state index contributed by atoms with van der Waals surface area (Å²) in [6.45, 7) is 5.84. The predicted molar refractivity (Wildman–Crippen MR) is 101 cm³/mol. The minimum Gasteiger partial charge on any atom is -0.368 e. The van der Waals surface area contributed by atoms with Gasteiger partial charge in [-0.05, 0) is 38.1 Å². The number of aromatic nitrogens is 3. The number of nitrogens with zero attached hydrogens (tertiary/aromatic N) is 4. The SMILES string of the molecule is CCN(CC)C(=S)SCc1nc(N)nc(Nc2ccc(F)cc2)n1. The van der Waals surface area contributed by atoms with E-state index in [0.29, 0.717) is 23.2 Å². The molecule has 3 N–H and O–H groups in total. The smallest absolute Gasteiger partial charge is 0.232 e. The van der Waals surface area contributed by atoms with Gasteiger partial charge in [-0.25, -0.2) is 4.39 Å². The maximum absolute atomic E-state index is 12.9. The van der Waals surface area contributed by atoms with E-state index < -0.39 is 0 Å². The molecule has 0 aliphatic rings. The summed E-state index contributed by atoms with van der Waals surface area (Å²) in [5.41, 5.74) is 6.41. The summed E-state index contributed by atoms with van der Waals surface area (Å²) in [6.07, 6.45) is 0. The lowest BCUT2D eigenvalue weighted by molar-refractivity contribution is 0.482. The van der Waals surface area contributed by atoms with E-state index in [2.05, 4.69) is 39.0 Å². The minimum atomic E-state index is -0.308. The lowest BCUT2D eigenvalue weighted by atomic mass is 10.3. The summed E-state index contributed by atoms with van der Waals surface area (Å²) in [6, 6.07) is 5.90. The molecule has 9 heteroatoms. The topological polar surface area (TPSA) is 80.0 Å². The lowest BCUT2D eigenvalue weighted by Gasteiger charge is -2.20. The fourth-order valence-corrected chi connectivity index (χ4v) is 3.18. The van der Waals surface area contributed by atoms with Crippen molar-refractivity contribution in [1.82, 2.24) is 19.9 Å². The van der Waals surface area contributed by atoms with E-state index in [1.54, 1.807) is 12.1 Å². The van der Waals surface area contributed by atoms with Gasteiger partial charge in [0, 0.05) is 18.8 Å². The Hall–Kier alpha value is -2.00. The van der Waals surface area contributed by atoms with Gasteiger partial charge in [-0.3, -0.25) is 0 Å². The van der Waals surface area contributed by atoms with Crippen LogP contribution in [0.3, 0.4) is 0 Å². The number of hydrogen-bond acceptors (Lipinski definition) is 7. The van der Waals surface area contributed by atoms with E-state index in [4.69, 9.17) is 18.0 Å². The van der Waals surface area contributed by atoms with Crippen LogP contribution < -0.4 is 11.1 Å². The molecule has 128 valence electrons. The molecular weight excluding hydrogens is 347 g/mol. The molecule has 0 saturated heterocycles. The highest BCUT2D eigenvalue weighted by Gasteiger charge is 2.10. The Bertz CT molecular complexity index is 691. The predicted octanol–water partition coefficient (Wildman–Crippen LogP) is 3.20. The highest BCUT2D eigenvalue weighted by Crippen LogP contribution is 2.18. The van der Waals surface area contributed by atoms with Crippen LogP contribution in [0.4, 0.5) is 22.0 Å². The van der Waals surface area contributed by atoms with Gasteiger partial charge in [0.15, 0.2) is 0 Å². The van der Waals surface area contributed by atoms with Crippen molar-refractivity contribution in [2.75, 3.05) is 24.1 Å². The molecule has 0 radical (unpaired) electrons. The Morgan fingerprint density at radius 2 is 1.88 bits per heavy atom. The minimum absolute atomic E-state index is 0.124. The molecule has 2 aromatic rings. The zero-order valence-electron chi connectivity index (χ0n) is 13.5. The average Bonchev–Trinajstić information content (AvgIpc) is 2.56. The van der Waals surface area contributed by atoms with Gasteiger partial charge < -0.3 is 16.0 Å². The normalized spacial score (nSPS) is 10.5. The van der Waals surface area contributed by atoms with Crippen LogP contribution in [0.15, 0.2) is 24.3 Å². The van der Waals surface area contributed by atoms with Gasteiger partial charge in [-0.2, -0.15) is 15.0 Å². The number of nitrogens with one attached hydrogen (secondary N) is 1. The molecule has 2 rings (SSSR count). The number of benzene rings is 1. The van der Waals surface area contributed by atoms with Crippen LogP contribution >= 0.6 is 24.0 Å². The van der Waals surface area contributed by atoms with E-state index in [9.17, 15) is 4.39 Å². The first-order chi connectivity index (χ1) is 11.5. The van der Waals surface area contributed by atoms with Crippen molar-refractivity contribution in [3.05, 3.63) is 35.9 Å². The molecule has 0 atom stereocenters. The van der Waals surface area contributed by atoms with Gasteiger partial charge in [-0.15, -0.1) is 0 Å². The molecule has 0 aliphatic heterocycles. The Morgan fingerprint density at radius 3 is 2.50 bits per heavy atom. The second kappa shape index (κ2) is 8.74. The largest absolute Gasteiger partial charge is 0.368 e. The maximum atomic E-state index is 12.9. The van der Waals surface area contributed by atoms with E-state index in [1.807, 2.05) is 0 Å². The van der Waals surface area contributed by atoms with Crippen LogP contribution in [-0.2, 0) is 5.75 Å². The molecule has 1 aromatic heterocycles. The van der Waals surface area contributed by atoms with E-state index in [0.717, 1.165) is 17.4 Å². The van der Waals surface area contributed by atoms with Crippen molar-refractivity contribution < 1.29 is 4.39 Å².